The molecule has 10 heteroatoms. The lowest BCUT2D eigenvalue weighted by Crippen LogP contribution is -2.50. The van der Waals surface area contributed by atoms with Gasteiger partial charge >= 0.3 is 0 Å². The van der Waals surface area contributed by atoms with E-state index < -0.39 is 11.9 Å². The third kappa shape index (κ3) is 5.58. The minimum absolute atomic E-state index is 0.0393. The molecule has 4 rings (SSSR count). The van der Waals surface area contributed by atoms with E-state index in [4.69, 9.17) is 10.5 Å². The van der Waals surface area contributed by atoms with Crippen molar-refractivity contribution in [2.24, 2.45) is 0 Å². The zero-order chi connectivity index (χ0) is 24.9. The molecule has 0 spiro atoms. The van der Waals surface area contributed by atoms with Gasteiger partial charge in [-0.25, -0.2) is 0 Å². The van der Waals surface area contributed by atoms with Crippen LogP contribution in [0.2, 0.25) is 0 Å². The van der Waals surface area contributed by atoms with E-state index in [1.165, 1.54) is 4.90 Å². The average molecular weight is 500 g/mol. The molecule has 1 heterocycles. The SMILES string of the molecule is COc1ccc(N(C(=O)c2snc(C(=O)NC3CCCC3)c2N)[C@H](C)C(=O)NC2CCCC2)cc1. The summed E-state index contributed by atoms with van der Waals surface area (Å²) < 4.78 is 9.44. The van der Waals surface area contributed by atoms with Crippen LogP contribution in [-0.2, 0) is 4.79 Å². The summed E-state index contributed by atoms with van der Waals surface area (Å²) in [6.45, 7) is 1.69. The summed E-state index contributed by atoms with van der Waals surface area (Å²) in [5, 5.41) is 6.04. The first-order chi connectivity index (χ1) is 16.9. The zero-order valence-electron chi connectivity index (χ0n) is 20.2. The van der Waals surface area contributed by atoms with Crippen LogP contribution < -0.4 is 26.0 Å². The molecule has 3 amide bonds. The van der Waals surface area contributed by atoms with Crippen molar-refractivity contribution in [1.29, 1.82) is 0 Å². The van der Waals surface area contributed by atoms with Crippen molar-refractivity contribution in [2.75, 3.05) is 17.7 Å². The van der Waals surface area contributed by atoms with Crippen LogP contribution in [0.5, 0.6) is 5.75 Å². The molecule has 188 valence electrons. The van der Waals surface area contributed by atoms with Gasteiger partial charge in [0, 0.05) is 17.8 Å². The number of methoxy groups -OCH3 is 1. The lowest BCUT2D eigenvalue weighted by atomic mass is 10.1. The molecule has 0 unspecified atom stereocenters. The molecular formula is C25H33N5O4S. The van der Waals surface area contributed by atoms with Gasteiger partial charge in [-0.1, -0.05) is 25.7 Å². The fourth-order valence-electron chi connectivity index (χ4n) is 4.82. The molecule has 0 aliphatic heterocycles. The van der Waals surface area contributed by atoms with E-state index in [0.29, 0.717) is 11.4 Å². The number of ether oxygens (including phenoxy) is 1. The van der Waals surface area contributed by atoms with Crippen molar-refractivity contribution >= 4 is 40.6 Å². The number of benzene rings is 1. The molecule has 2 aliphatic rings. The summed E-state index contributed by atoms with van der Waals surface area (Å²) in [7, 11) is 1.56. The molecule has 9 nitrogen and oxygen atoms in total. The second kappa shape index (κ2) is 11.1. The van der Waals surface area contributed by atoms with Crippen molar-refractivity contribution in [3.8, 4) is 5.75 Å². The first kappa shape index (κ1) is 25.0. The van der Waals surface area contributed by atoms with Crippen LogP contribution in [0.15, 0.2) is 24.3 Å². The molecule has 4 N–H and O–H groups in total. The Morgan fingerprint density at radius 3 is 2.17 bits per heavy atom. The maximum atomic E-state index is 13.8. The Bertz CT molecular complexity index is 1060. The van der Waals surface area contributed by atoms with Gasteiger partial charge in [0.1, 0.15) is 16.7 Å². The fourth-order valence-corrected chi connectivity index (χ4v) is 5.55. The van der Waals surface area contributed by atoms with Crippen molar-refractivity contribution < 1.29 is 19.1 Å². The predicted molar refractivity (Wildman–Crippen MR) is 136 cm³/mol. The minimum atomic E-state index is -0.797. The number of nitrogens with zero attached hydrogens (tertiary/aromatic N) is 2. The molecule has 0 bridgehead atoms. The molecule has 35 heavy (non-hydrogen) atoms. The Morgan fingerprint density at radius 1 is 1.03 bits per heavy atom. The van der Waals surface area contributed by atoms with Gasteiger partial charge in [0.15, 0.2) is 5.69 Å². The molecular weight excluding hydrogens is 466 g/mol. The fraction of sp³-hybridized carbons (Fsp3) is 0.520. The lowest BCUT2D eigenvalue weighted by molar-refractivity contribution is -0.122. The Kier molecular flexibility index (Phi) is 7.90. The maximum Gasteiger partial charge on any atom is 0.273 e. The third-order valence-electron chi connectivity index (χ3n) is 6.87. The Morgan fingerprint density at radius 2 is 1.60 bits per heavy atom. The number of rotatable bonds is 8. The minimum Gasteiger partial charge on any atom is -0.497 e. The number of carbonyl (C=O) groups excluding carboxylic acids is 3. The molecule has 2 aromatic rings. The summed E-state index contributed by atoms with van der Waals surface area (Å²) in [5.41, 5.74) is 6.89. The van der Waals surface area contributed by atoms with Crippen LogP contribution in [0.25, 0.3) is 0 Å². The molecule has 0 saturated heterocycles. The van der Waals surface area contributed by atoms with Gasteiger partial charge in [-0.2, -0.15) is 4.37 Å². The smallest absolute Gasteiger partial charge is 0.273 e. The summed E-state index contributed by atoms with van der Waals surface area (Å²) >= 11 is 0.880. The van der Waals surface area contributed by atoms with Gasteiger partial charge in [0.05, 0.1) is 12.8 Å². The second-order valence-corrected chi connectivity index (χ2v) is 10.0. The number of amides is 3. The van der Waals surface area contributed by atoms with Gasteiger partial charge in [-0.05, 0) is 68.4 Å². The highest BCUT2D eigenvalue weighted by Crippen LogP contribution is 2.29. The topological polar surface area (TPSA) is 127 Å². The number of hydrogen-bond acceptors (Lipinski definition) is 7. The predicted octanol–water partition coefficient (Wildman–Crippen LogP) is 3.50. The highest BCUT2D eigenvalue weighted by Gasteiger charge is 2.34. The van der Waals surface area contributed by atoms with Crippen LogP contribution in [0, 0.1) is 0 Å². The molecule has 2 aliphatic carbocycles. The summed E-state index contributed by atoms with van der Waals surface area (Å²) in [5.74, 6) is -0.442. The molecule has 1 aromatic heterocycles. The molecule has 1 aromatic carbocycles. The normalized spacial score (nSPS) is 17.2. The number of nitrogens with one attached hydrogen (secondary N) is 2. The van der Waals surface area contributed by atoms with Gasteiger partial charge in [-0.3, -0.25) is 19.3 Å². The number of anilines is 2. The van der Waals surface area contributed by atoms with Crippen molar-refractivity contribution in [1.82, 2.24) is 15.0 Å². The average Bonchev–Trinajstić information content (AvgIpc) is 3.62. The molecule has 2 fully saturated rings. The monoisotopic (exact) mass is 499 g/mol. The first-order valence-corrected chi connectivity index (χ1v) is 13.0. The van der Waals surface area contributed by atoms with Gasteiger partial charge in [0.25, 0.3) is 11.8 Å². The largest absolute Gasteiger partial charge is 0.497 e. The van der Waals surface area contributed by atoms with E-state index >= 15 is 0 Å². The van der Waals surface area contributed by atoms with Crippen molar-refractivity contribution in [3.63, 3.8) is 0 Å². The number of hydrogen-bond donors (Lipinski definition) is 3. The number of nitrogen functional groups attached to an aromatic ring is 1. The van der Waals surface area contributed by atoms with E-state index in [2.05, 4.69) is 15.0 Å². The summed E-state index contributed by atoms with van der Waals surface area (Å²) in [6.07, 6.45) is 8.08. The third-order valence-corrected chi connectivity index (χ3v) is 7.72. The van der Waals surface area contributed by atoms with E-state index in [9.17, 15) is 14.4 Å². The highest BCUT2D eigenvalue weighted by molar-refractivity contribution is 7.09. The highest BCUT2D eigenvalue weighted by atomic mass is 32.1. The van der Waals surface area contributed by atoms with E-state index in [1.54, 1.807) is 38.3 Å². The Hall–Kier alpha value is -3.14. The number of carbonyl (C=O) groups is 3. The molecule has 1 atom stereocenters. The quantitative estimate of drug-likeness (QED) is 0.510. The van der Waals surface area contributed by atoms with Crippen molar-refractivity contribution in [2.45, 2.75) is 76.4 Å². The maximum absolute atomic E-state index is 13.8. The Labute approximate surface area is 209 Å². The van der Waals surface area contributed by atoms with Crippen LogP contribution in [-0.4, -0.2) is 47.3 Å². The summed E-state index contributed by atoms with van der Waals surface area (Å²) in [6, 6.07) is 6.34. The van der Waals surface area contributed by atoms with Crippen LogP contribution in [0.4, 0.5) is 11.4 Å². The van der Waals surface area contributed by atoms with Gasteiger partial charge in [-0.15, -0.1) is 0 Å². The lowest BCUT2D eigenvalue weighted by Gasteiger charge is -2.29. The first-order valence-electron chi connectivity index (χ1n) is 12.2. The summed E-state index contributed by atoms with van der Waals surface area (Å²) in [4.78, 5) is 41.2. The van der Waals surface area contributed by atoms with E-state index in [0.717, 1.165) is 62.9 Å². The zero-order valence-corrected chi connectivity index (χ0v) is 21.0. The standard InChI is InChI=1S/C25H33N5O4S/c1-15(23(31)27-16-7-3-4-8-16)30(18-11-13-19(34-2)14-12-18)25(33)22-20(26)21(29-35-22)24(32)28-17-9-5-6-10-17/h11-17H,3-10,26H2,1-2H3,(H,27,31)(H,28,32)/t15-/m1/s1. The van der Waals surface area contributed by atoms with Crippen molar-refractivity contribution in [3.05, 3.63) is 34.8 Å². The van der Waals surface area contributed by atoms with Crippen LogP contribution in [0.1, 0.15) is 78.5 Å². The van der Waals surface area contributed by atoms with Gasteiger partial charge < -0.3 is 21.1 Å². The molecule has 2 saturated carbocycles. The van der Waals surface area contributed by atoms with Crippen LogP contribution >= 0.6 is 11.5 Å². The number of aromatic nitrogens is 1. The van der Waals surface area contributed by atoms with E-state index in [1.807, 2.05) is 0 Å². The molecule has 0 radical (unpaired) electrons. The second-order valence-electron chi connectivity index (χ2n) is 9.27. The Balaban J connectivity index is 1.59. The van der Waals surface area contributed by atoms with Crippen LogP contribution in [0.3, 0.4) is 0 Å². The number of nitrogens with two attached hydrogens (primary N) is 1. The van der Waals surface area contributed by atoms with E-state index in [-0.39, 0.29) is 40.2 Å². The van der Waals surface area contributed by atoms with Gasteiger partial charge in [0.2, 0.25) is 5.91 Å².